The lowest BCUT2D eigenvalue weighted by molar-refractivity contribution is 0.654. The van der Waals surface area contributed by atoms with Crippen LogP contribution in [-0.4, -0.2) is 13.1 Å². The number of nitrogens with zero attached hydrogens (tertiary/aromatic N) is 1. The molecule has 4 N–H and O–H groups in total. The monoisotopic (exact) mass is 624 g/mol. The first-order valence-corrected chi connectivity index (χ1v) is 17.7. The van der Waals surface area contributed by atoms with Crippen LogP contribution in [0.1, 0.15) is 0 Å². The van der Waals surface area contributed by atoms with Crippen molar-refractivity contribution in [1.29, 1.82) is 0 Å². The van der Waals surface area contributed by atoms with Crippen LogP contribution in [0.4, 0.5) is 28.4 Å². The molecule has 8 rings (SSSR count). The molecule has 0 spiro atoms. The first-order valence-electron chi connectivity index (χ1n) is 15.7. The lowest BCUT2D eigenvalue weighted by Gasteiger charge is -2.34. The number of hydrogen-bond donors (Lipinski definition) is 3. The zero-order valence-electron chi connectivity index (χ0n) is 25.6. The molecular weight excluding hydrogens is 593 g/mol. The molecule has 2 aromatic heterocycles. The van der Waals surface area contributed by atoms with Gasteiger partial charge in [-0.05, 0) is 69.3 Å². The van der Waals surface area contributed by atoms with Gasteiger partial charge >= 0.3 is 0 Å². The van der Waals surface area contributed by atoms with Gasteiger partial charge in [-0.3, -0.25) is 0 Å². The highest BCUT2D eigenvalue weighted by Crippen LogP contribution is 2.34. The van der Waals surface area contributed by atoms with E-state index in [-0.39, 0.29) is 0 Å². The lowest BCUT2D eigenvalue weighted by Crippen LogP contribution is -2.74. The van der Waals surface area contributed by atoms with Crippen LogP contribution in [0.5, 0.6) is 0 Å². The molecule has 0 fully saturated rings. The molecule has 2 heterocycles. The first kappa shape index (κ1) is 28.4. The number of pyridine rings is 1. The van der Waals surface area contributed by atoms with Gasteiger partial charge in [-0.2, -0.15) is 0 Å². The second kappa shape index (κ2) is 12.0. The van der Waals surface area contributed by atoms with E-state index in [9.17, 15) is 0 Å². The highest BCUT2D eigenvalue weighted by atomic mass is 28.3. The molecule has 6 heteroatoms. The van der Waals surface area contributed by atoms with Crippen molar-refractivity contribution in [1.82, 2.24) is 4.98 Å². The predicted octanol–water partition coefficient (Wildman–Crippen LogP) is 7.43. The van der Waals surface area contributed by atoms with Gasteiger partial charge in [0.05, 0.1) is 22.7 Å². The summed E-state index contributed by atoms with van der Waals surface area (Å²) in [5.74, 6) is 0. The molecule has 6 aromatic carbocycles. The number of nitrogens with two attached hydrogens (primary N) is 1. The smallest absolute Gasteiger partial charge is 0.227 e. The van der Waals surface area contributed by atoms with Crippen molar-refractivity contribution in [3.8, 4) is 0 Å². The fourth-order valence-electron chi connectivity index (χ4n) is 6.62. The number of nitrogen functional groups attached to an aromatic ring is 1. The van der Waals surface area contributed by atoms with Crippen molar-refractivity contribution < 1.29 is 4.42 Å². The minimum Gasteiger partial charge on any atom is -0.438 e. The summed E-state index contributed by atoms with van der Waals surface area (Å²) < 4.78 is 6.31. The third-order valence-corrected chi connectivity index (χ3v) is 13.6. The van der Waals surface area contributed by atoms with Crippen molar-refractivity contribution >= 4 is 79.3 Å². The van der Waals surface area contributed by atoms with Crippen LogP contribution < -0.4 is 37.1 Å². The average molecular weight is 625 g/mol. The molecule has 0 radical (unpaired) electrons. The average Bonchev–Trinajstić information content (AvgIpc) is 3.49. The topological polar surface area (TPSA) is 76.1 Å². The largest absolute Gasteiger partial charge is 0.438 e. The molecule has 5 nitrogen and oxygen atoms in total. The molecule has 0 saturated carbocycles. The van der Waals surface area contributed by atoms with Crippen LogP contribution in [0, 0.1) is 0 Å². The lowest BCUT2D eigenvalue weighted by atomic mass is 10.1. The fourth-order valence-corrected chi connectivity index (χ4v) is 11.3. The van der Waals surface area contributed by atoms with Gasteiger partial charge in [0.25, 0.3) is 0 Å². The number of hydrogen-bond acceptors (Lipinski definition) is 5. The molecule has 8 aromatic rings. The molecule has 0 amide bonds. The van der Waals surface area contributed by atoms with Crippen molar-refractivity contribution in [2.24, 2.45) is 0 Å². The Balaban J connectivity index is 1.27. The third kappa shape index (κ3) is 5.11. The minimum atomic E-state index is -2.74. The highest BCUT2D eigenvalue weighted by Gasteiger charge is 2.42. The van der Waals surface area contributed by atoms with Gasteiger partial charge in [0.15, 0.2) is 8.07 Å². The first-order chi connectivity index (χ1) is 23.2. The van der Waals surface area contributed by atoms with Crippen LogP contribution in [0.15, 0.2) is 174 Å². The fraction of sp³-hybridized carbons (Fsp3) is 0. The summed E-state index contributed by atoms with van der Waals surface area (Å²) in [5.41, 5.74) is 12.0. The van der Waals surface area contributed by atoms with E-state index in [1.54, 1.807) is 0 Å². The van der Waals surface area contributed by atoms with E-state index in [4.69, 9.17) is 15.1 Å². The number of aromatic nitrogens is 1. The van der Waals surface area contributed by atoms with E-state index in [2.05, 4.69) is 120 Å². The second-order valence-electron chi connectivity index (χ2n) is 11.6. The Bertz CT molecular complexity index is 2230. The van der Waals surface area contributed by atoms with Gasteiger partial charge in [0.2, 0.25) is 5.71 Å². The van der Waals surface area contributed by atoms with Crippen LogP contribution in [-0.2, 0) is 0 Å². The number of fused-ring (bicyclic) bond motifs is 3. The molecule has 47 heavy (non-hydrogen) atoms. The van der Waals surface area contributed by atoms with E-state index in [0.29, 0.717) is 11.4 Å². The molecule has 0 saturated heterocycles. The van der Waals surface area contributed by atoms with Crippen molar-refractivity contribution in [3.63, 3.8) is 0 Å². The summed E-state index contributed by atoms with van der Waals surface area (Å²) in [6, 6.07) is 57.1. The molecule has 226 valence electrons. The molecule has 0 unspecified atom stereocenters. The van der Waals surface area contributed by atoms with Crippen LogP contribution >= 0.6 is 0 Å². The number of nitrogens with one attached hydrogen (secondary N) is 2. The van der Waals surface area contributed by atoms with Gasteiger partial charge in [-0.15, -0.1) is 0 Å². The quantitative estimate of drug-likeness (QED) is 0.0932. The van der Waals surface area contributed by atoms with E-state index in [1.165, 1.54) is 20.7 Å². The van der Waals surface area contributed by atoms with Crippen molar-refractivity contribution in [2.75, 3.05) is 16.4 Å². The van der Waals surface area contributed by atoms with Crippen molar-refractivity contribution in [2.45, 2.75) is 0 Å². The number of rotatable bonds is 8. The van der Waals surface area contributed by atoms with Gasteiger partial charge in [-0.25, -0.2) is 4.98 Å². The molecule has 0 bridgehead atoms. The zero-order chi connectivity index (χ0) is 31.6. The summed E-state index contributed by atoms with van der Waals surface area (Å²) in [7, 11) is -2.74. The maximum Gasteiger partial charge on any atom is 0.227 e. The Morgan fingerprint density at radius 1 is 0.489 bits per heavy atom. The molecule has 0 atom stereocenters. The summed E-state index contributed by atoms with van der Waals surface area (Å²) in [6.45, 7) is 0. The van der Waals surface area contributed by atoms with Gasteiger partial charge in [0, 0.05) is 22.7 Å². The Kier molecular flexibility index (Phi) is 7.24. The molecule has 0 aliphatic heterocycles. The Morgan fingerprint density at radius 3 is 1.62 bits per heavy atom. The Labute approximate surface area is 274 Å². The zero-order valence-corrected chi connectivity index (χ0v) is 26.6. The predicted molar refractivity (Wildman–Crippen MR) is 199 cm³/mol. The second-order valence-corrected chi connectivity index (χ2v) is 15.4. The minimum absolute atomic E-state index is 0.625. The summed E-state index contributed by atoms with van der Waals surface area (Å²) >= 11 is 0. The van der Waals surface area contributed by atoms with E-state index in [1.807, 2.05) is 60.8 Å². The molecule has 0 aliphatic carbocycles. The molecular formula is C41H32N4OSi. The van der Waals surface area contributed by atoms with E-state index in [0.717, 1.165) is 39.1 Å². The standard InChI is InChI=1S/C41H32N4OSi/c42-36-20-10-11-21-37(36)45-39-23-13-12-22-38(39)44-29-24-25-40-34(26-29)35-27-33(28-43-41(35)46-40)47(30-14-4-1-5-15-30,31-16-6-2-7-17-31)32-18-8-3-9-19-32/h1-28,44-45H,42H2. The van der Waals surface area contributed by atoms with Crippen LogP contribution in [0.3, 0.4) is 0 Å². The maximum atomic E-state index is 6.31. The Morgan fingerprint density at radius 2 is 1.02 bits per heavy atom. The van der Waals surface area contributed by atoms with Crippen LogP contribution in [0.2, 0.25) is 0 Å². The van der Waals surface area contributed by atoms with E-state index < -0.39 is 8.07 Å². The normalized spacial score (nSPS) is 11.5. The van der Waals surface area contributed by atoms with Crippen molar-refractivity contribution in [3.05, 3.63) is 170 Å². The van der Waals surface area contributed by atoms with Crippen LogP contribution in [0.25, 0.3) is 22.1 Å². The SMILES string of the molecule is Nc1ccccc1Nc1ccccc1Nc1ccc2oc3ncc([Si](c4ccccc4)(c4ccccc4)c4ccccc4)cc3c2c1. The molecule has 0 aliphatic rings. The summed E-state index contributed by atoms with van der Waals surface area (Å²) in [6.07, 6.45) is 2.03. The number of furan rings is 1. The van der Waals surface area contributed by atoms with Gasteiger partial charge < -0.3 is 20.8 Å². The van der Waals surface area contributed by atoms with E-state index >= 15 is 0 Å². The maximum absolute atomic E-state index is 6.31. The number of benzene rings is 6. The number of para-hydroxylation sites is 4. The van der Waals surface area contributed by atoms with Gasteiger partial charge in [-0.1, -0.05) is 115 Å². The van der Waals surface area contributed by atoms with Gasteiger partial charge in [0.1, 0.15) is 5.58 Å². The highest BCUT2D eigenvalue weighted by molar-refractivity contribution is 7.19. The summed E-state index contributed by atoms with van der Waals surface area (Å²) in [4.78, 5) is 4.97. The summed E-state index contributed by atoms with van der Waals surface area (Å²) in [5, 5.41) is 14.2. The Hall–Kier alpha value is -6.11. The third-order valence-electron chi connectivity index (χ3n) is 8.82. The number of anilines is 5.